The minimum absolute atomic E-state index is 0.139. The van der Waals surface area contributed by atoms with Gasteiger partial charge in [-0.05, 0) is 11.6 Å². The summed E-state index contributed by atoms with van der Waals surface area (Å²) in [5.41, 5.74) is 6.58. The van der Waals surface area contributed by atoms with Crippen molar-refractivity contribution in [1.82, 2.24) is 0 Å². The van der Waals surface area contributed by atoms with E-state index >= 15 is 0 Å². The van der Waals surface area contributed by atoms with Crippen LogP contribution in [0.15, 0.2) is 18.2 Å². The molecule has 0 aliphatic rings. The third kappa shape index (κ3) is 1.76. The normalized spacial score (nSPS) is 9.92. The molecule has 1 aromatic rings. The van der Waals surface area contributed by atoms with Crippen LogP contribution in [0.2, 0.25) is 0 Å². The zero-order chi connectivity index (χ0) is 9.14. The van der Waals surface area contributed by atoms with E-state index in [9.17, 15) is 0 Å². The molecule has 5 N–H and O–H groups in total. The minimum atomic E-state index is -1.59. The Kier molecular flexibility index (Phi) is 2.70. The molecule has 64 valence electrons. The van der Waals surface area contributed by atoms with Gasteiger partial charge >= 0.3 is 7.12 Å². The Morgan fingerprint density at radius 1 is 1.33 bits per heavy atom. The Morgan fingerprint density at radius 3 is 2.50 bits per heavy atom. The fraction of sp³-hybridized carbons (Fsp3) is 0.143. The van der Waals surface area contributed by atoms with E-state index in [1.807, 2.05) is 0 Å². The van der Waals surface area contributed by atoms with Crippen molar-refractivity contribution in [3.05, 3.63) is 23.8 Å². The van der Waals surface area contributed by atoms with Crippen LogP contribution in [0.4, 0.5) is 5.69 Å². The molecule has 0 bridgehead atoms. The summed E-state index contributed by atoms with van der Waals surface area (Å²) >= 11 is 0. The van der Waals surface area contributed by atoms with Gasteiger partial charge in [0.2, 0.25) is 0 Å². The third-order valence-electron chi connectivity index (χ3n) is 1.61. The quantitative estimate of drug-likeness (QED) is 0.317. The van der Waals surface area contributed by atoms with Gasteiger partial charge in [0, 0.05) is 11.2 Å². The van der Waals surface area contributed by atoms with Crippen molar-refractivity contribution in [2.75, 3.05) is 5.73 Å². The summed E-state index contributed by atoms with van der Waals surface area (Å²) in [5, 5.41) is 26.4. The smallest absolute Gasteiger partial charge is 0.423 e. The van der Waals surface area contributed by atoms with Crippen molar-refractivity contribution in [3.63, 3.8) is 0 Å². The molecule has 0 aliphatic heterocycles. The van der Waals surface area contributed by atoms with Crippen LogP contribution >= 0.6 is 0 Å². The molecule has 0 fully saturated rings. The molecule has 1 aromatic carbocycles. The molecule has 0 aromatic heterocycles. The first-order chi connectivity index (χ1) is 5.65. The Balaban J connectivity index is 3.08. The number of rotatable bonds is 2. The van der Waals surface area contributed by atoms with Gasteiger partial charge < -0.3 is 20.9 Å². The Labute approximate surface area is 70.4 Å². The Morgan fingerprint density at radius 2 is 2.00 bits per heavy atom. The SMILES string of the molecule is Nc1ccc(CO)cc1B(O)O. The highest BCUT2D eigenvalue weighted by atomic mass is 16.4. The lowest BCUT2D eigenvalue weighted by Crippen LogP contribution is -2.32. The number of nitrogen functional groups attached to an aromatic ring is 1. The first kappa shape index (κ1) is 9.06. The van der Waals surface area contributed by atoms with Gasteiger partial charge in [0.1, 0.15) is 0 Å². The van der Waals surface area contributed by atoms with E-state index in [0.717, 1.165) is 0 Å². The molecule has 0 heterocycles. The highest BCUT2D eigenvalue weighted by molar-refractivity contribution is 6.60. The number of aliphatic hydroxyl groups excluding tert-OH is 1. The molecule has 12 heavy (non-hydrogen) atoms. The van der Waals surface area contributed by atoms with Gasteiger partial charge in [-0.15, -0.1) is 0 Å². The maximum atomic E-state index is 8.82. The zero-order valence-corrected chi connectivity index (χ0v) is 6.44. The lowest BCUT2D eigenvalue weighted by atomic mass is 9.78. The summed E-state index contributed by atoms with van der Waals surface area (Å²) in [4.78, 5) is 0. The average molecular weight is 167 g/mol. The number of hydrogen-bond acceptors (Lipinski definition) is 4. The second kappa shape index (κ2) is 3.58. The Bertz CT molecular complexity index is 277. The molecule has 4 nitrogen and oxygen atoms in total. The Hall–Kier alpha value is -1.04. The summed E-state index contributed by atoms with van der Waals surface area (Å²) in [5.74, 6) is 0. The predicted octanol–water partition coefficient (Wildman–Crippen LogP) is -1.56. The number of anilines is 1. The van der Waals surface area contributed by atoms with Crippen LogP contribution in [0.25, 0.3) is 0 Å². The van der Waals surface area contributed by atoms with Crippen LogP contribution in [0.5, 0.6) is 0 Å². The van der Waals surface area contributed by atoms with Crippen LogP contribution in [-0.2, 0) is 6.61 Å². The van der Waals surface area contributed by atoms with Crippen LogP contribution in [0, 0.1) is 0 Å². The summed E-state index contributed by atoms with van der Waals surface area (Å²) in [7, 11) is -1.59. The molecule has 0 radical (unpaired) electrons. The molecule has 5 heteroatoms. The number of nitrogens with two attached hydrogens (primary N) is 1. The van der Waals surface area contributed by atoms with E-state index in [-0.39, 0.29) is 12.1 Å². The molecule has 0 saturated carbocycles. The van der Waals surface area contributed by atoms with E-state index in [1.165, 1.54) is 12.1 Å². The largest absolute Gasteiger partial charge is 0.490 e. The lowest BCUT2D eigenvalue weighted by molar-refractivity contribution is 0.282. The molecular weight excluding hydrogens is 157 g/mol. The summed E-state index contributed by atoms with van der Waals surface area (Å²) in [6.07, 6.45) is 0. The van der Waals surface area contributed by atoms with Gasteiger partial charge in [-0.2, -0.15) is 0 Å². The van der Waals surface area contributed by atoms with Crippen molar-refractivity contribution < 1.29 is 15.2 Å². The van der Waals surface area contributed by atoms with E-state index in [1.54, 1.807) is 6.07 Å². The van der Waals surface area contributed by atoms with Crippen LogP contribution in [-0.4, -0.2) is 22.3 Å². The molecule has 0 saturated heterocycles. The maximum absolute atomic E-state index is 8.82. The van der Waals surface area contributed by atoms with Crippen molar-refractivity contribution in [2.24, 2.45) is 0 Å². The standard InChI is InChI=1S/C7H10BNO3/c9-7-2-1-5(4-10)3-6(7)8(11)12/h1-3,10-12H,4,9H2. The highest BCUT2D eigenvalue weighted by Crippen LogP contribution is 2.03. The van der Waals surface area contributed by atoms with Crippen molar-refractivity contribution >= 4 is 18.3 Å². The number of benzene rings is 1. The van der Waals surface area contributed by atoms with Crippen LogP contribution in [0.1, 0.15) is 5.56 Å². The van der Waals surface area contributed by atoms with Crippen molar-refractivity contribution in [3.8, 4) is 0 Å². The lowest BCUT2D eigenvalue weighted by Gasteiger charge is -2.05. The topological polar surface area (TPSA) is 86.7 Å². The molecule has 0 aliphatic carbocycles. The van der Waals surface area contributed by atoms with E-state index < -0.39 is 7.12 Å². The van der Waals surface area contributed by atoms with Gasteiger partial charge in [-0.25, -0.2) is 0 Å². The van der Waals surface area contributed by atoms with Crippen molar-refractivity contribution in [1.29, 1.82) is 0 Å². The first-order valence-corrected chi connectivity index (χ1v) is 3.50. The second-order valence-corrected chi connectivity index (χ2v) is 2.50. The number of hydrogen-bond donors (Lipinski definition) is 4. The monoisotopic (exact) mass is 167 g/mol. The van der Waals surface area contributed by atoms with Gasteiger partial charge in [-0.1, -0.05) is 12.1 Å². The summed E-state index contributed by atoms with van der Waals surface area (Å²) < 4.78 is 0. The third-order valence-corrected chi connectivity index (χ3v) is 1.61. The minimum Gasteiger partial charge on any atom is -0.423 e. The van der Waals surface area contributed by atoms with E-state index in [4.69, 9.17) is 20.9 Å². The van der Waals surface area contributed by atoms with Gasteiger partial charge in [-0.3, -0.25) is 0 Å². The molecule has 1 rings (SSSR count). The van der Waals surface area contributed by atoms with Gasteiger partial charge in [0.05, 0.1) is 6.61 Å². The van der Waals surface area contributed by atoms with Gasteiger partial charge in [0.25, 0.3) is 0 Å². The molecule has 0 unspecified atom stereocenters. The first-order valence-electron chi connectivity index (χ1n) is 3.50. The van der Waals surface area contributed by atoms with Crippen LogP contribution < -0.4 is 11.2 Å². The summed E-state index contributed by atoms with van der Waals surface area (Å²) in [6, 6.07) is 4.61. The fourth-order valence-corrected chi connectivity index (χ4v) is 0.946. The average Bonchev–Trinajstić information content (AvgIpc) is 2.05. The predicted molar refractivity (Wildman–Crippen MR) is 46.6 cm³/mol. The zero-order valence-electron chi connectivity index (χ0n) is 6.44. The molecule has 0 atom stereocenters. The molecule has 0 amide bonds. The summed E-state index contributed by atoms with van der Waals surface area (Å²) in [6.45, 7) is -0.139. The number of aliphatic hydroxyl groups is 1. The molecular formula is C7H10BNO3. The maximum Gasteiger partial charge on any atom is 0.490 e. The fourth-order valence-electron chi connectivity index (χ4n) is 0.946. The van der Waals surface area contributed by atoms with E-state index in [2.05, 4.69) is 0 Å². The van der Waals surface area contributed by atoms with Gasteiger partial charge in [0.15, 0.2) is 0 Å². The van der Waals surface area contributed by atoms with Crippen LogP contribution in [0.3, 0.4) is 0 Å². The van der Waals surface area contributed by atoms with E-state index in [0.29, 0.717) is 11.3 Å². The highest BCUT2D eigenvalue weighted by Gasteiger charge is 2.14. The molecule has 0 spiro atoms. The second-order valence-electron chi connectivity index (χ2n) is 2.50. The van der Waals surface area contributed by atoms with Crippen molar-refractivity contribution in [2.45, 2.75) is 6.61 Å².